The zero-order valence-corrected chi connectivity index (χ0v) is 25.6. The number of imide groups is 1. The Labute approximate surface area is 251 Å². The molecule has 0 radical (unpaired) electrons. The van der Waals surface area contributed by atoms with Gasteiger partial charge >= 0.3 is 18.0 Å². The molecule has 2 aromatic rings. The molecule has 3 atom stereocenters. The highest BCUT2D eigenvalue weighted by atomic mass is 16.6. The Morgan fingerprint density at radius 3 is 2.16 bits per heavy atom. The molecule has 11 heteroatoms. The average molecular weight is 594 g/mol. The molecule has 0 saturated carbocycles. The lowest BCUT2D eigenvalue weighted by atomic mass is 9.80. The van der Waals surface area contributed by atoms with Crippen LogP contribution in [0.3, 0.4) is 0 Å². The van der Waals surface area contributed by atoms with E-state index >= 15 is 0 Å². The van der Waals surface area contributed by atoms with Crippen molar-refractivity contribution in [2.75, 3.05) is 6.54 Å². The lowest BCUT2D eigenvalue weighted by Crippen LogP contribution is -2.56. The predicted octanol–water partition coefficient (Wildman–Crippen LogP) is 3.88. The summed E-state index contributed by atoms with van der Waals surface area (Å²) < 4.78 is 16.3. The third-order valence-corrected chi connectivity index (χ3v) is 6.56. The normalized spacial score (nSPS) is 15.6. The Morgan fingerprint density at radius 2 is 1.60 bits per heavy atom. The number of allylic oxidation sites excluding steroid dienone is 1. The number of hydrogen-bond acceptors (Lipinski definition) is 9. The van der Waals surface area contributed by atoms with Crippen LogP contribution in [0.4, 0.5) is 4.79 Å². The van der Waals surface area contributed by atoms with E-state index in [9.17, 15) is 24.0 Å². The molecule has 0 heterocycles. The van der Waals surface area contributed by atoms with Crippen LogP contribution < -0.4 is 20.5 Å². The van der Waals surface area contributed by atoms with Crippen molar-refractivity contribution in [2.45, 2.75) is 78.5 Å². The Hall–Kier alpha value is -4.51. The molecule has 3 N–H and O–H groups in total. The molecule has 3 amide bonds. The first-order valence-corrected chi connectivity index (χ1v) is 14.0. The van der Waals surface area contributed by atoms with Crippen LogP contribution in [0, 0.1) is 0 Å². The third-order valence-electron chi connectivity index (χ3n) is 6.56. The van der Waals surface area contributed by atoms with Gasteiger partial charge in [0.2, 0.25) is 11.8 Å². The minimum absolute atomic E-state index is 0.0143. The van der Waals surface area contributed by atoms with E-state index < -0.39 is 47.5 Å². The van der Waals surface area contributed by atoms with E-state index in [4.69, 9.17) is 19.9 Å². The van der Waals surface area contributed by atoms with Crippen LogP contribution >= 0.6 is 0 Å². The van der Waals surface area contributed by atoms with Gasteiger partial charge in [-0.1, -0.05) is 42.5 Å². The number of nitrogens with one attached hydrogen (secondary N) is 1. The SMILES string of the molecule is CC(=O)Oc1ccc2c(c1OC(C)=O)CC(c1ccccc1)C=C2CNC(=O)C(C)N(C(=O)OC(C)(C)C)C(=O)C(C)N. The maximum absolute atomic E-state index is 13.4. The van der Waals surface area contributed by atoms with Gasteiger partial charge < -0.3 is 25.3 Å². The maximum atomic E-state index is 13.4. The lowest BCUT2D eigenvalue weighted by Gasteiger charge is -2.31. The molecule has 2 aromatic carbocycles. The first-order valence-electron chi connectivity index (χ1n) is 14.0. The van der Waals surface area contributed by atoms with Crippen LogP contribution in [-0.2, 0) is 30.3 Å². The van der Waals surface area contributed by atoms with Crippen molar-refractivity contribution in [3.8, 4) is 11.5 Å². The smallest absolute Gasteiger partial charge is 0.417 e. The fourth-order valence-corrected chi connectivity index (χ4v) is 4.70. The molecule has 230 valence electrons. The summed E-state index contributed by atoms with van der Waals surface area (Å²) in [7, 11) is 0. The van der Waals surface area contributed by atoms with Gasteiger partial charge in [-0.25, -0.2) is 9.69 Å². The molecule has 0 bridgehead atoms. The summed E-state index contributed by atoms with van der Waals surface area (Å²) in [6.45, 7) is 10.3. The van der Waals surface area contributed by atoms with Gasteiger partial charge in [0.1, 0.15) is 11.6 Å². The highest BCUT2D eigenvalue weighted by molar-refractivity contribution is 6.00. The molecule has 0 fully saturated rings. The summed E-state index contributed by atoms with van der Waals surface area (Å²) in [5.41, 5.74) is 7.86. The topological polar surface area (TPSA) is 154 Å². The van der Waals surface area contributed by atoms with Gasteiger partial charge in [0.05, 0.1) is 6.04 Å². The zero-order valence-electron chi connectivity index (χ0n) is 25.6. The van der Waals surface area contributed by atoms with E-state index in [0.29, 0.717) is 23.1 Å². The highest BCUT2D eigenvalue weighted by Gasteiger charge is 2.36. The van der Waals surface area contributed by atoms with E-state index in [1.807, 2.05) is 36.4 Å². The Bertz CT molecular complexity index is 1430. The van der Waals surface area contributed by atoms with Crippen LogP contribution in [0.15, 0.2) is 48.5 Å². The first kappa shape index (κ1) is 33.0. The van der Waals surface area contributed by atoms with Gasteiger partial charge in [-0.3, -0.25) is 19.2 Å². The summed E-state index contributed by atoms with van der Waals surface area (Å²) in [6, 6.07) is 10.6. The molecule has 0 spiro atoms. The highest BCUT2D eigenvalue weighted by Crippen LogP contribution is 2.43. The number of esters is 2. The van der Waals surface area contributed by atoms with Gasteiger partial charge in [-0.05, 0) is 63.8 Å². The molecule has 0 aliphatic heterocycles. The minimum Gasteiger partial charge on any atom is -0.443 e. The molecule has 3 unspecified atom stereocenters. The number of carbonyl (C=O) groups excluding carboxylic acids is 5. The molecule has 1 aliphatic rings. The fourth-order valence-electron chi connectivity index (χ4n) is 4.70. The number of hydrogen-bond donors (Lipinski definition) is 2. The number of nitrogens with zero attached hydrogens (tertiary/aromatic N) is 1. The van der Waals surface area contributed by atoms with Crippen LogP contribution in [-0.4, -0.2) is 59.0 Å². The van der Waals surface area contributed by atoms with Crippen molar-refractivity contribution in [2.24, 2.45) is 5.73 Å². The monoisotopic (exact) mass is 593 g/mol. The number of ether oxygens (including phenoxy) is 3. The van der Waals surface area contributed by atoms with E-state index in [1.54, 1.807) is 26.8 Å². The average Bonchev–Trinajstić information content (AvgIpc) is 2.91. The van der Waals surface area contributed by atoms with E-state index in [0.717, 1.165) is 10.5 Å². The zero-order chi connectivity index (χ0) is 32.1. The molecule has 0 aromatic heterocycles. The summed E-state index contributed by atoms with van der Waals surface area (Å²) >= 11 is 0. The number of rotatable bonds is 8. The Morgan fingerprint density at radius 1 is 0.977 bits per heavy atom. The lowest BCUT2D eigenvalue weighted by molar-refractivity contribution is -0.139. The van der Waals surface area contributed by atoms with E-state index in [2.05, 4.69) is 5.32 Å². The fraction of sp³-hybridized carbons (Fsp3) is 0.406. The molecule has 43 heavy (non-hydrogen) atoms. The van der Waals surface area contributed by atoms with Crippen molar-refractivity contribution in [1.82, 2.24) is 10.2 Å². The number of fused-ring (bicyclic) bond motifs is 1. The van der Waals surface area contributed by atoms with Crippen molar-refractivity contribution >= 4 is 35.4 Å². The molecular weight excluding hydrogens is 554 g/mol. The van der Waals surface area contributed by atoms with E-state index in [-0.39, 0.29) is 24.0 Å². The number of benzene rings is 2. The van der Waals surface area contributed by atoms with Crippen molar-refractivity contribution in [3.05, 3.63) is 65.2 Å². The second-order valence-electron chi connectivity index (χ2n) is 11.4. The van der Waals surface area contributed by atoms with Crippen molar-refractivity contribution in [1.29, 1.82) is 0 Å². The second-order valence-corrected chi connectivity index (χ2v) is 11.4. The number of amides is 3. The van der Waals surface area contributed by atoms with Gasteiger partial charge in [-0.15, -0.1) is 0 Å². The Kier molecular flexibility index (Phi) is 10.5. The Balaban J connectivity index is 1.99. The van der Waals surface area contributed by atoms with E-state index in [1.165, 1.54) is 33.8 Å². The first-order chi connectivity index (χ1) is 20.1. The third kappa shape index (κ3) is 8.51. The summed E-state index contributed by atoms with van der Waals surface area (Å²) in [6.07, 6.45) is 1.46. The number of nitrogens with two attached hydrogens (primary N) is 1. The van der Waals surface area contributed by atoms with Crippen molar-refractivity contribution in [3.63, 3.8) is 0 Å². The second kappa shape index (κ2) is 13.6. The number of carbonyl (C=O) groups is 5. The van der Waals surface area contributed by atoms with Gasteiger partial charge in [0, 0.05) is 31.9 Å². The van der Waals surface area contributed by atoms with Crippen molar-refractivity contribution < 1.29 is 38.2 Å². The minimum atomic E-state index is -1.23. The predicted molar refractivity (Wildman–Crippen MR) is 159 cm³/mol. The quantitative estimate of drug-likeness (QED) is 0.343. The molecule has 0 saturated heterocycles. The van der Waals surface area contributed by atoms with Crippen LogP contribution in [0.1, 0.15) is 71.1 Å². The summed E-state index contributed by atoms with van der Waals surface area (Å²) in [5, 5.41) is 2.82. The van der Waals surface area contributed by atoms with Crippen LogP contribution in [0.25, 0.3) is 5.57 Å². The van der Waals surface area contributed by atoms with Gasteiger partial charge in [0.25, 0.3) is 0 Å². The molecule has 3 rings (SSSR count). The molecule has 11 nitrogen and oxygen atoms in total. The maximum Gasteiger partial charge on any atom is 0.417 e. The van der Waals surface area contributed by atoms with Crippen LogP contribution in [0.2, 0.25) is 0 Å². The summed E-state index contributed by atoms with van der Waals surface area (Å²) in [5.74, 6) is -2.46. The summed E-state index contributed by atoms with van der Waals surface area (Å²) in [4.78, 5) is 63.7. The van der Waals surface area contributed by atoms with Gasteiger partial charge in [-0.2, -0.15) is 0 Å². The van der Waals surface area contributed by atoms with Crippen LogP contribution in [0.5, 0.6) is 11.5 Å². The molecule has 1 aliphatic carbocycles. The van der Waals surface area contributed by atoms with Gasteiger partial charge in [0.15, 0.2) is 11.5 Å². The standard InChI is InChI=1S/C32H39N3O8/c1-18(33)30(39)35(31(40)43-32(5,6)7)19(2)29(38)34-17-24-15-23(22-11-9-8-10-12-22)16-26-25(24)13-14-27(41-20(3)36)28(26)42-21(4)37/h8-15,18-19,23H,16-17,33H2,1-7H3,(H,34,38). The largest absolute Gasteiger partial charge is 0.443 e. The molecular formula is C32H39N3O8.